The van der Waals surface area contributed by atoms with Crippen LogP contribution in [0.25, 0.3) is 43.1 Å². The summed E-state index contributed by atoms with van der Waals surface area (Å²) in [6.45, 7) is 0. The molecule has 0 bridgehead atoms. The molecule has 0 aliphatic heterocycles. The van der Waals surface area contributed by atoms with Gasteiger partial charge >= 0.3 is 189 Å². The SMILES string of the molecule is O=P([O-])([O-])[O-].O=P([O-])([O-])[O-].O=P([O-])([O-])[O-].[Ca+2].[Ca+2].[Ca+2].[Ca+2].[Ca+2].[OH-].c1cc2cccc3c4cccc5cccc(c(c1)c23)c54. The fraction of sp³-hybridized carbons (Fsp3) is 0. The van der Waals surface area contributed by atoms with Gasteiger partial charge in [0.05, 0.1) is 0 Å². The Balaban J connectivity index is -0.000000177. The van der Waals surface area contributed by atoms with Crippen molar-refractivity contribution in [3.05, 3.63) is 72.8 Å². The van der Waals surface area contributed by atoms with E-state index >= 15 is 0 Å². The first-order valence-electron chi connectivity index (χ1n) is 9.17. The van der Waals surface area contributed by atoms with Crippen molar-refractivity contribution in [1.29, 1.82) is 0 Å². The average molecular weight is 755 g/mol. The van der Waals surface area contributed by atoms with Gasteiger partial charge in [-0.3, -0.25) is 0 Å². The standard InChI is InChI=1S/C20H12.5Ca.3H3O4P.H2O/c1-5-13-6-2-11-17-18-12-4-8-14-7-3-10-16(20(14)18)15(9-1)19(13)17;;;;;;3*1-5(2,3)4;/h1-12H;;;;;;3*(H3,1,2,3,4);1H2/q;5*+2;;;;/p-10. The molecule has 21 heteroatoms. The van der Waals surface area contributed by atoms with Crippen LogP contribution in [0.1, 0.15) is 0 Å². The van der Waals surface area contributed by atoms with E-state index in [1.54, 1.807) is 0 Å². The van der Waals surface area contributed by atoms with E-state index < -0.39 is 23.5 Å². The second-order valence-electron chi connectivity index (χ2n) is 6.76. The van der Waals surface area contributed by atoms with Crippen molar-refractivity contribution in [2.75, 3.05) is 0 Å². The second kappa shape index (κ2) is 24.2. The molecule has 0 unspecified atom stereocenters. The monoisotopic (exact) mass is 754 g/mol. The van der Waals surface area contributed by atoms with Crippen molar-refractivity contribution >= 4 is 255 Å². The Morgan fingerprint density at radius 1 is 0.366 bits per heavy atom. The van der Waals surface area contributed by atoms with Gasteiger partial charge in [-0.05, 0) is 43.1 Å². The smallest absolute Gasteiger partial charge is 0.870 e. The molecule has 0 saturated heterocycles. The molecule has 0 fully saturated rings. The van der Waals surface area contributed by atoms with Gasteiger partial charge in [-0.1, -0.05) is 72.8 Å². The maximum absolute atomic E-state index is 8.55. The summed E-state index contributed by atoms with van der Waals surface area (Å²) in [4.78, 5) is 76.9. The van der Waals surface area contributed by atoms with Gasteiger partial charge < -0.3 is 63.2 Å². The van der Waals surface area contributed by atoms with Crippen molar-refractivity contribution in [2.45, 2.75) is 0 Å². The Kier molecular flexibility index (Phi) is 32.1. The Bertz CT molecular complexity index is 1370. The van der Waals surface area contributed by atoms with Crippen molar-refractivity contribution in [3.63, 3.8) is 0 Å². The molecule has 0 heterocycles. The minimum absolute atomic E-state index is 0. The van der Waals surface area contributed by atoms with Crippen LogP contribution in [0, 0.1) is 0 Å². The summed E-state index contributed by atoms with van der Waals surface area (Å²) in [5.41, 5.74) is 0. The number of hydrogen-bond acceptors (Lipinski definition) is 13. The molecule has 196 valence electrons. The summed E-state index contributed by atoms with van der Waals surface area (Å²) in [5, 5.41) is 10.9. The molecular weight excluding hydrogens is 742 g/mol. The fourth-order valence-electron chi connectivity index (χ4n) is 3.58. The Hall–Kier alpha value is 3.99. The Morgan fingerprint density at radius 3 is 0.659 bits per heavy atom. The van der Waals surface area contributed by atoms with E-state index in [1.807, 2.05) is 0 Å². The fourth-order valence-corrected chi connectivity index (χ4v) is 3.58. The number of phosphoric acid groups is 3. The quantitative estimate of drug-likeness (QED) is 0.0621. The van der Waals surface area contributed by atoms with Crippen molar-refractivity contribution in [2.24, 2.45) is 0 Å². The largest absolute Gasteiger partial charge is 2.00 e. The summed E-state index contributed by atoms with van der Waals surface area (Å²) < 4.78 is 25.6. The summed E-state index contributed by atoms with van der Waals surface area (Å²) in [7, 11) is -16.2. The summed E-state index contributed by atoms with van der Waals surface area (Å²) in [6, 6.07) is 26.4. The van der Waals surface area contributed by atoms with E-state index in [0.29, 0.717) is 0 Å². The van der Waals surface area contributed by atoms with Gasteiger partial charge in [-0.25, -0.2) is 0 Å². The first-order chi connectivity index (χ1) is 15.9. The molecule has 0 aliphatic rings. The Labute approximate surface area is 383 Å². The van der Waals surface area contributed by atoms with Gasteiger partial charge in [0.1, 0.15) is 0 Å². The maximum atomic E-state index is 8.55. The molecule has 0 aliphatic carbocycles. The van der Waals surface area contributed by atoms with Gasteiger partial charge in [0, 0.05) is 0 Å². The van der Waals surface area contributed by atoms with Crippen LogP contribution in [0.3, 0.4) is 0 Å². The number of rotatable bonds is 0. The molecule has 1 N–H and O–H groups in total. The van der Waals surface area contributed by atoms with E-state index in [-0.39, 0.29) is 194 Å². The van der Waals surface area contributed by atoms with Crippen molar-refractivity contribution in [3.8, 4) is 0 Å². The van der Waals surface area contributed by atoms with Crippen molar-refractivity contribution < 1.29 is 63.2 Å². The molecule has 0 radical (unpaired) electrons. The summed E-state index contributed by atoms with van der Waals surface area (Å²) in [6.07, 6.45) is 0. The number of benzene rings is 5. The predicted octanol–water partition coefficient (Wildman–Crippen LogP) is -4.82. The molecule has 0 spiro atoms. The Morgan fingerprint density at radius 2 is 0.512 bits per heavy atom. The van der Waals surface area contributed by atoms with Crippen LogP contribution in [0.15, 0.2) is 72.8 Å². The van der Waals surface area contributed by atoms with E-state index in [9.17, 15) is 0 Å². The third-order valence-corrected chi connectivity index (χ3v) is 4.39. The first-order valence-corrected chi connectivity index (χ1v) is 13.5. The third kappa shape index (κ3) is 21.6. The maximum Gasteiger partial charge on any atom is 2.00 e. The normalized spacial score (nSPS) is 10.2. The molecular formula is C20H13Ca5O13P3. The average Bonchev–Trinajstić information content (AvgIpc) is 2.68. The summed E-state index contributed by atoms with van der Waals surface area (Å²) in [5.74, 6) is 0. The zero-order chi connectivity index (χ0) is 26.6. The second-order valence-corrected chi connectivity index (χ2v) is 9.44. The van der Waals surface area contributed by atoms with Crippen LogP contribution in [0.4, 0.5) is 0 Å². The minimum atomic E-state index is -5.39. The van der Waals surface area contributed by atoms with Gasteiger partial charge in [0.25, 0.3) is 0 Å². The minimum Gasteiger partial charge on any atom is -0.870 e. The number of hydrogen-bond donors (Lipinski definition) is 0. The first kappa shape index (κ1) is 54.4. The molecule has 5 rings (SSSR count). The number of fused-ring (bicyclic) bond motifs is 2. The van der Waals surface area contributed by atoms with Gasteiger partial charge in [-0.2, -0.15) is 23.5 Å². The van der Waals surface area contributed by atoms with Crippen LogP contribution in [-0.2, 0) is 13.7 Å². The zero-order valence-corrected chi connectivity index (χ0v) is 34.9. The van der Waals surface area contributed by atoms with E-state index in [2.05, 4.69) is 72.8 Å². The van der Waals surface area contributed by atoms with Gasteiger partial charge in [0.15, 0.2) is 0 Å². The molecule has 5 aromatic rings. The van der Waals surface area contributed by atoms with Crippen LogP contribution in [-0.4, -0.2) is 194 Å². The van der Waals surface area contributed by atoms with Gasteiger partial charge in [0.2, 0.25) is 0 Å². The zero-order valence-electron chi connectivity index (χ0n) is 21.2. The predicted molar refractivity (Wildman–Crippen MR) is 141 cm³/mol. The molecule has 41 heavy (non-hydrogen) atoms. The van der Waals surface area contributed by atoms with Crippen LogP contribution >= 0.6 is 23.5 Å². The molecule has 0 amide bonds. The van der Waals surface area contributed by atoms with Crippen molar-refractivity contribution in [1.82, 2.24) is 0 Å². The van der Waals surface area contributed by atoms with E-state index in [4.69, 9.17) is 57.7 Å². The molecule has 5 aromatic carbocycles. The molecule has 0 saturated carbocycles. The van der Waals surface area contributed by atoms with E-state index in [1.165, 1.54) is 43.1 Å². The van der Waals surface area contributed by atoms with Gasteiger partial charge in [-0.15, -0.1) is 0 Å². The van der Waals surface area contributed by atoms with Crippen LogP contribution in [0.5, 0.6) is 0 Å². The van der Waals surface area contributed by atoms with E-state index in [0.717, 1.165) is 0 Å². The molecule has 0 atom stereocenters. The van der Waals surface area contributed by atoms with Crippen LogP contribution < -0.4 is 44.0 Å². The molecule has 0 aromatic heterocycles. The molecule has 13 nitrogen and oxygen atoms in total. The van der Waals surface area contributed by atoms with Crippen LogP contribution in [0.2, 0.25) is 0 Å². The topological polar surface area (TPSA) is 289 Å². The third-order valence-electron chi connectivity index (χ3n) is 4.39. The summed E-state index contributed by atoms with van der Waals surface area (Å²) >= 11 is 0.